The Morgan fingerprint density at radius 3 is 2.77 bits per heavy atom. The van der Waals surface area contributed by atoms with E-state index in [1.165, 1.54) is 23.3 Å². The van der Waals surface area contributed by atoms with Crippen LogP contribution in [0.25, 0.3) is 22.2 Å². The second-order valence-electron chi connectivity index (χ2n) is 7.28. The standard InChI is InChI=1S/C24H23FN2O3/c1-16-5-7-17(8-6-16)13-26-14-20(28)15-29-21-4-2-3-18(11-21)24-22-10-9-19(25)12-23(22)30-27-24/h2-12,20,26,28H,13-15H2,1H3. The topological polar surface area (TPSA) is 67.5 Å². The van der Waals surface area contributed by atoms with Gasteiger partial charge >= 0.3 is 0 Å². The van der Waals surface area contributed by atoms with Gasteiger partial charge in [0.15, 0.2) is 5.58 Å². The average Bonchev–Trinajstić information content (AvgIpc) is 3.17. The van der Waals surface area contributed by atoms with Crippen molar-refractivity contribution in [2.75, 3.05) is 13.2 Å². The van der Waals surface area contributed by atoms with Crippen LogP contribution in [0.2, 0.25) is 0 Å². The molecule has 0 amide bonds. The molecule has 6 heteroatoms. The number of benzene rings is 3. The largest absolute Gasteiger partial charge is 0.491 e. The Morgan fingerprint density at radius 1 is 1.10 bits per heavy atom. The molecule has 0 saturated carbocycles. The smallest absolute Gasteiger partial charge is 0.170 e. The summed E-state index contributed by atoms with van der Waals surface area (Å²) in [5, 5.41) is 18.2. The first-order valence-corrected chi connectivity index (χ1v) is 9.81. The van der Waals surface area contributed by atoms with Gasteiger partial charge in [0, 0.05) is 30.1 Å². The predicted octanol–water partition coefficient (Wildman–Crippen LogP) is 4.47. The fraction of sp³-hybridized carbons (Fsp3) is 0.208. The van der Waals surface area contributed by atoms with E-state index >= 15 is 0 Å². The lowest BCUT2D eigenvalue weighted by atomic mass is 10.1. The minimum atomic E-state index is -0.644. The molecule has 1 heterocycles. The number of halogens is 1. The van der Waals surface area contributed by atoms with Gasteiger partial charge in [0.25, 0.3) is 0 Å². The van der Waals surface area contributed by atoms with Crippen LogP contribution in [0.4, 0.5) is 4.39 Å². The van der Waals surface area contributed by atoms with Gasteiger partial charge < -0.3 is 19.7 Å². The molecule has 0 bridgehead atoms. The lowest BCUT2D eigenvalue weighted by molar-refractivity contribution is 0.106. The monoisotopic (exact) mass is 406 g/mol. The highest BCUT2D eigenvalue weighted by atomic mass is 19.1. The number of aliphatic hydroxyl groups excluding tert-OH is 1. The molecule has 0 spiro atoms. The number of hydrogen-bond donors (Lipinski definition) is 2. The molecule has 3 aromatic carbocycles. The van der Waals surface area contributed by atoms with Crippen molar-refractivity contribution in [3.8, 4) is 17.0 Å². The van der Waals surface area contributed by atoms with E-state index in [2.05, 4.69) is 41.7 Å². The number of aromatic nitrogens is 1. The highest BCUT2D eigenvalue weighted by Gasteiger charge is 2.12. The van der Waals surface area contributed by atoms with Crippen LogP contribution in [0.15, 0.2) is 71.3 Å². The Balaban J connectivity index is 1.33. The van der Waals surface area contributed by atoms with Crippen LogP contribution in [0.5, 0.6) is 5.75 Å². The van der Waals surface area contributed by atoms with Crippen LogP contribution in [0.3, 0.4) is 0 Å². The number of nitrogens with one attached hydrogen (secondary N) is 1. The fourth-order valence-electron chi connectivity index (χ4n) is 3.19. The van der Waals surface area contributed by atoms with Crippen LogP contribution in [0.1, 0.15) is 11.1 Å². The van der Waals surface area contributed by atoms with Crippen LogP contribution in [-0.2, 0) is 6.54 Å². The van der Waals surface area contributed by atoms with Crippen LogP contribution in [-0.4, -0.2) is 29.5 Å². The fourth-order valence-corrected chi connectivity index (χ4v) is 3.19. The third-order valence-electron chi connectivity index (χ3n) is 4.81. The van der Waals surface area contributed by atoms with E-state index in [1.54, 1.807) is 6.07 Å². The molecule has 1 aromatic heterocycles. The molecule has 1 unspecified atom stereocenters. The number of aryl methyl sites for hydroxylation is 1. The van der Waals surface area contributed by atoms with Gasteiger partial charge in [-0.1, -0.05) is 47.1 Å². The van der Waals surface area contributed by atoms with Gasteiger partial charge in [-0.15, -0.1) is 0 Å². The molecule has 0 saturated heterocycles. The maximum absolute atomic E-state index is 13.4. The van der Waals surface area contributed by atoms with E-state index < -0.39 is 6.10 Å². The van der Waals surface area contributed by atoms with Crippen molar-refractivity contribution < 1.29 is 18.8 Å². The van der Waals surface area contributed by atoms with Crippen LogP contribution < -0.4 is 10.1 Å². The summed E-state index contributed by atoms with van der Waals surface area (Å²) in [6, 6.07) is 20.0. The first-order valence-electron chi connectivity index (χ1n) is 9.81. The summed E-state index contributed by atoms with van der Waals surface area (Å²) < 4.78 is 24.3. The van der Waals surface area contributed by atoms with Crippen molar-refractivity contribution in [2.24, 2.45) is 0 Å². The highest BCUT2D eigenvalue weighted by Crippen LogP contribution is 2.30. The molecule has 154 valence electrons. The maximum atomic E-state index is 13.4. The van der Waals surface area contributed by atoms with Crippen molar-refractivity contribution >= 4 is 11.0 Å². The molecule has 0 radical (unpaired) electrons. The quantitative estimate of drug-likeness (QED) is 0.452. The normalized spacial score (nSPS) is 12.2. The summed E-state index contributed by atoms with van der Waals surface area (Å²) in [6.45, 7) is 3.33. The molecule has 5 nitrogen and oxygen atoms in total. The summed E-state index contributed by atoms with van der Waals surface area (Å²) in [7, 11) is 0. The second kappa shape index (κ2) is 9.07. The van der Waals surface area contributed by atoms with E-state index in [1.807, 2.05) is 24.3 Å². The lowest BCUT2D eigenvalue weighted by Crippen LogP contribution is -2.31. The van der Waals surface area contributed by atoms with Crippen LogP contribution in [0, 0.1) is 12.7 Å². The number of nitrogens with zero attached hydrogens (tertiary/aromatic N) is 1. The summed E-state index contributed by atoms with van der Waals surface area (Å²) >= 11 is 0. The Morgan fingerprint density at radius 2 is 1.93 bits per heavy atom. The third kappa shape index (κ3) is 4.84. The highest BCUT2D eigenvalue weighted by molar-refractivity contribution is 5.91. The van der Waals surface area contributed by atoms with E-state index in [0.29, 0.717) is 30.1 Å². The zero-order valence-corrected chi connectivity index (χ0v) is 16.6. The molecule has 0 aliphatic rings. The molecule has 2 N–H and O–H groups in total. The van der Waals surface area contributed by atoms with Gasteiger partial charge in [-0.2, -0.15) is 0 Å². The molecule has 30 heavy (non-hydrogen) atoms. The van der Waals surface area contributed by atoms with E-state index in [-0.39, 0.29) is 12.4 Å². The van der Waals surface area contributed by atoms with Gasteiger partial charge in [0.1, 0.15) is 30.0 Å². The Labute approximate surface area is 174 Å². The van der Waals surface area contributed by atoms with Gasteiger partial charge in [0.05, 0.1) is 0 Å². The van der Waals surface area contributed by atoms with Crippen LogP contribution >= 0.6 is 0 Å². The number of aliphatic hydroxyl groups is 1. The van der Waals surface area contributed by atoms with Crippen molar-refractivity contribution in [3.05, 3.63) is 83.7 Å². The average molecular weight is 406 g/mol. The zero-order valence-electron chi connectivity index (χ0n) is 16.6. The van der Waals surface area contributed by atoms with E-state index in [0.717, 1.165) is 10.9 Å². The minimum Gasteiger partial charge on any atom is -0.491 e. The molecular formula is C24H23FN2O3. The summed E-state index contributed by atoms with van der Waals surface area (Å²) in [5.41, 5.74) is 4.20. The number of fused-ring (bicyclic) bond motifs is 1. The molecule has 0 aliphatic carbocycles. The SMILES string of the molecule is Cc1ccc(CNCC(O)COc2cccc(-c3noc4cc(F)ccc34)c2)cc1. The van der Waals surface area contributed by atoms with E-state index in [9.17, 15) is 9.50 Å². The van der Waals surface area contributed by atoms with Gasteiger partial charge in [-0.25, -0.2) is 4.39 Å². The van der Waals surface area contributed by atoms with Crippen molar-refractivity contribution in [1.29, 1.82) is 0 Å². The molecule has 4 rings (SSSR count). The molecule has 1 atom stereocenters. The van der Waals surface area contributed by atoms with Crippen molar-refractivity contribution in [2.45, 2.75) is 19.6 Å². The van der Waals surface area contributed by atoms with Crippen molar-refractivity contribution in [1.82, 2.24) is 10.5 Å². The lowest BCUT2D eigenvalue weighted by Gasteiger charge is -2.14. The maximum Gasteiger partial charge on any atom is 0.170 e. The molecule has 0 fully saturated rings. The van der Waals surface area contributed by atoms with Crippen molar-refractivity contribution in [3.63, 3.8) is 0 Å². The van der Waals surface area contributed by atoms with Gasteiger partial charge in [-0.05, 0) is 36.8 Å². The number of ether oxygens (including phenoxy) is 1. The minimum absolute atomic E-state index is 0.162. The Bertz CT molecular complexity index is 1120. The zero-order chi connectivity index (χ0) is 20.9. The first-order chi connectivity index (χ1) is 14.6. The predicted molar refractivity (Wildman–Crippen MR) is 114 cm³/mol. The second-order valence-corrected chi connectivity index (χ2v) is 7.28. The third-order valence-corrected chi connectivity index (χ3v) is 4.81. The Hall–Kier alpha value is -3.22. The summed E-state index contributed by atoms with van der Waals surface area (Å²) in [4.78, 5) is 0. The molecule has 0 aliphatic heterocycles. The molecule has 4 aromatic rings. The number of rotatable bonds is 8. The summed E-state index contributed by atoms with van der Waals surface area (Å²) in [5.74, 6) is 0.246. The number of hydrogen-bond acceptors (Lipinski definition) is 5. The first kappa shape index (κ1) is 20.1. The van der Waals surface area contributed by atoms with Gasteiger partial charge in [0.2, 0.25) is 0 Å². The molecular weight excluding hydrogens is 383 g/mol. The van der Waals surface area contributed by atoms with Gasteiger partial charge in [-0.3, -0.25) is 0 Å². The Kier molecular flexibility index (Phi) is 6.07. The van der Waals surface area contributed by atoms with E-state index in [4.69, 9.17) is 9.26 Å². The summed E-state index contributed by atoms with van der Waals surface area (Å²) in [6.07, 6.45) is -0.644.